The first-order chi connectivity index (χ1) is 11.5. The minimum absolute atomic E-state index is 0. The van der Waals surface area contributed by atoms with E-state index in [0.29, 0.717) is 24.0 Å². The van der Waals surface area contributed by atoms with Crippen molar-refractivity contribution in [2.75, 3.05) is 27.2 Å². The van der Waals surface area contributed by atoms with E-state index in [1.54, 1.807) is 0 Å². The van der Waals surface area contributed by atoms with Crippen LogP contribution in [-0.2, 0) is 0 Å². The zero-order valence-electron chi connectivity index (χ0n) is 13.9. The van der Waals surface area contributed by atoms with Gasteiger partial charge in [0.1, 0.15) is 0 Å². The van der Waals surface area contributed by atoms with E-state index in [1.807, 2.05) is 43.3 Å². The molecule has 0 radical (unpaired) electrons. The molecule has 2 N–H and O–H groups in total. The number of benzene rings is 2. The summed E-state index contributed by atoms with van der Waals surface area (Å²) in [6.07, 6.45) is 0. The highest BCUT2D eigenvalue weighted by atomic mass is 35.5. The Labute approximate surface area is 150 Å². The van der Waals surface area contributed by atoms with E-state index in [0.717, 1.165) is 10.9 Å². The standard InChI is InChI=1S/C17H18N4O3.ClH/c1-20(2)8-7-18-17(22)14-10-11(21(23)24)9-13-12-5-3-4-6-15(12)19-16(13)14;/h3-6,9-10,19H,7-8H2,1-2H3,(H,18,22);1H. The number of nitro benzene ring substituents is 1. The average Bonchev–Trinajstić information content (AvgIpc) is 2.92. The molecular weight excluding hydrogens is 344 g/mol. The molecule has 3 rings (SSSR count). The van der Waals surface area contributed by atoms with Crippen LogP contribution in [-0.4, -0.2) is 47.9 Å². The maximum absolute atomic E-state index is 12.5. The third-order valence-electron chi connectivity index (χ3n) is 3.90. The molecule has 0 spiro atoms. The third-order valence-corrected chi connectivity index (χ3v) is 3.90. The molecule has 0 fully saturated rings. The molecule has 0 aliphatic carbocycles. The number of hydrogen-bond donors (Lipinski definition) is 2. The number of aromatic amines is 1. The minimum Gasteiger partial charge on any atom is -0.354 e. The second kappa shape index (κ2) is 7.50. The molecule has 1 heterocycles. The number of fused-ring (bicyclic) bond motifs is 3. The summed E-state index contributed by atoms with van der Waals surface area (Å²) in [4.78, 5) is 28.4. The summed E-state index contributed by atoms with van der Waals surface area (Å²) in [5, 5.41) is 15.6. The van der Waals surface area contributed by atoms with E-state index < -0.39 is 4.92 Å². The lowest BCUT2D eigenvalue weighted by molar-refractivity contribution is -0.384. The molecule has 0 saturated carbocycles. The minimum atomic E-state index is -0.474. The fourth-order valence-electron chi connectivity index (χ4n) is 2.71. The van der Waals surface area contributed by atoms with Gasteiger partial charge < -0.3 is 15.2 Å². The van der Waals surface area contributed by atoms with E-state index in [4.69, 9.17) is 0 Å². The van der Waals surface area contributed by atoms with Crippen molar-refractivity contribution in [3.05, 3.63) is 52.1 Å². The van der Waals surface area contributed by atoms with Gasteiger partial charge in [-0.1, -0.05) is 18.2 Å². The van der Waals surface area contributed by atoms with Gasteiger partial charge in [0.05, 0.1) is 16.0 Å². The van der Waals surface area contributed by atoms with E-state index >= 15 is 0 Å². The summed E-state index contributed by atoms with van der Waals surface area (Å²) < 4.78 is 0. The lowest BCUT2D eigenvalue weighted by atomic mass is 10.1. The first-order valence-electron chi connectivity index (χ1n) is 7.59. The normalized spacial score (nSPS) is 10.8. The number of H-pyrrole nitrogens is 1. The molecule has 7 nitrogen and oxygen atoms in total. The summed E-state index contributed by atoms with van der Waals surface area (Å²) in [5.41, 5.74) is 1.65. The Balaban J connectivity index is 0.00000225. The van der Waals surface area contributed by atoms with Crippen LogP contribution >= 0.6 is 12.4 Å². The van der Waals surface area contributed by atoms with Crippen LogP contribution in [0.15, 0.2) is 36.4 Å². The molecule has 8 heteroatoms. The van der Waals surface area contributed by atoms with Gasteiger partial charge in [0.25, 0.3) is 11.6 Å². The number of para-hydroxylation sites is 1. The van der Waals surface area contributed by atoms with Gasteiger partial charge >= 0.3 is 0 Å². The largest absolute Gasteiger partial charge is 0.354 e. The second-order valence-corrected chi connectivity index (χ2v) is 5.90. The predicted octanol–water partition coefficient (Wildman–Crippen LogP) is 2.94. The van der Waals surface area contributed by atoms with Crippen molar-refractivity contribution in [2.24, 2.45) is 0 Å². The van der Waals surface area contributed by atoms with Crippen molar-refractivity contribution in [3.8, 4) is 0 Å². The Hall–Kier alpha value is -2.64. The number of carbonyl (C=O) groups is 1. The zero-order valence-corrected chi connectivity index (χ0v) is 14.7. The van der Waals surface area contributed by atoms with Gasteiger partial charge in [-0.3, -0.25) is 14.9 Å². The summed E-state index contributed by atoms with van der Waals surface area (Å²) in [6, 6.07) is 10.3. The first-order valence-corrected chi connectivity index (χ1v) is 7.59. The van der Waals surface area contributed by atoms with Gasteiger partial charge in [-0.15, -0.1) is 12.4 Å². The van der Waals surface area contributed by atoms with E-state index in [9.17, 15) is 14.9 Å². The average molecular weight is 363 g/mol. The number of rotatable bonds is 5. The summed E-state index contributed by atoms with van der Waals surface area (Å²) >= 11 is 0. The van der Waals surface area contributed by atoms with Crippen molar-refractivity contribution in [2.45, 2.75) is 0 Å². The molecule has 0 saturated heterocycles. The van der Waals surface area contributed by atoms with Crippen LogP contribution < -0.4 is 5.32 Å². The molecule has 1 amide bonds. The fraction of sp³-hybridized carbons (Fsp3) is 0.235. The smallest absolute Gasteiger partial charge is 0.271 e. The van der Waals surface area contributed by atoms with Crippen LogP contribution in [0, 0.1) is 10.1 Å². The molecule has 3 aromatic rings. The lowest BCUT2D eigenvalue weighted by Crippen LogP contribution is -2.31. The number of halogens is 1. The predicted molar refractivity (Wildman–Crippen MR) is 101 cm³/mol. The Bertz CT molecular complexity index is 936. The summed E-state index contributed by atoms with van der Waals surface area (Å²) in [6.45, 7) is 1.16. The number of likely N-dealkylation sites (N-methyl/N-ethyl adjacent to an activating group) is 1. The van der Waals surface area contributed by atoms with Crippen molar-refractivity contribution in [1.29, 1.82) is 0 Å². The second-order valence-electron chi connectivity index (χ2n) is 5.90. The maximum Gasteiger partial charge on any atom is 0.271 e. The number of nitrogens with one attached hydrogen (secondary N) is 2. The summed E-state index contributed by atoms with van der Waals surface area (Å²) in [5.74, 6) is -0.322. The topological polar surface area (TPSA) is 91.3 Å². The Morgan fingerprint density at radius 3 is 2.64 bits per heavy atom. The summed E-state index contributed by atoms with van der Waals surface area (Å²) in [7, 11) is 3.82. The molecular formula is C17H19ClN4O3. The van der Waals surface area contributed by atoms with Gasteiger partial charge in [-0.05, 0) is 20.2 Å². The van der Waals surface area contributed by atoms with Gasteiger partial charge in [0.2, 0.25) is 0 Å². The zero-order chi connectivity index (χ0) is 17.3. The molecule has 2 aromatic carbocycles. The number of carbonyl (C=O) groups excluding carboxylic acids is 1. The van der Waals surface area contributed by atoms with Crippen LogP contribution in [0.2, 0.25) is 0 Å². The molecule has 132 valence electrons. The van der Waals surface area contributed by atoms with Crippen molar-refractivity contribution < 1.29 is 9.72 Å². The highest BCUT2D eigenvalue weighted by Crippen LogP contribution is 2.31. The lowest BCUT2D eigenvalue weighted by Gasteiger charge is -2.10. The van der Waals surface area contributed by atoms with Crippen LogP contribution in [0.25, 0.3) is 21.8 Å². The Kier molecular flexibility index (Phi) is 5.61. The molecule has 0 bridgehead atoms. The molecule has 0 unspecified atom stereocenters. The van der Waals surface area contributed by atoms with Gasteiger partial charge in [-0.2, -0.15) is 0 Å². The fourth-order valence-corrected chi connectivity index (χ4v) is 2.71. The van der Waals surface area contributed by atoms with Crippen molar-refractivity contribution in [3.63, 3.8) is 0 Å². The van der Waals surface area contributed by atoms with E-state index in [1.165, 1.54) is 12.1 Å². The number of aromatic nitrogens is 1. The van der Waals surface area contributed by atoms with Crippen LogP contribution in [0.4, 0.5) is 5.69 Å². The highest BCUT2D eigenvalue weighted by Gasteiger charge is 2.19. The Morgan fingerprint density at radius 2 is 1.96 bits per heavy atom. The molecule has 0 atom stereocenters. The number of nitrogens with zero attached hydrogens (tertiary/aromatic N) is 2. The SMILES string of the molecule is CN(C)CCNC(=O)c1cc([N+](=O)[O-])cc2c1[nH]c1ccccc12.Cl. The Morgan fingerprint density at radius 1 is 1.24 bits per heavy atom. The van der Waals surface area contributed by atoms with E-state index in [-0.39, 0.29) is 29.6 Å². The van der Waals surface area contributed by atoms with Crippen molar-refractivity contribution >= 4 is 45.8 Å². The number of amides is 1. The number of hydrogen-bond acceptors (Lipinski definition) is 4. The first kappa shape index (κ1) is 18.7. The monoisotopic (exact) mass is 362 g/mol. The molecule has 0 aliphatic rings. The highest BCUT2D eigenvalue weighted by molar-refractivity contribution is 6.15. The quantitative estimate of drug-likeness (QED) is 0.539. The van der Waals surface area contributed by atoms with Crippen LogP contribution in [0.5, 0.6) is 0 Å². The van der Waals surface area contributed by atoms with Gasteiger partial charge in [-0.25, -0.2) is 0 Å². The number of nitro groups is 1. The van der Waals surface area contributed by atoms with Crippen LogP contribution in [0.3, 0.4) is 0 Å². The molecule has 1 aromatic heterocycles. The molecule has 0 aliphatic heterocycles. The molecule has 25 heavy (non-hydrogen) atoms. The van der Waals surface area contributed by atoms with Crippen molar-refractivity contribution in [1.82, 2.24) is 15.2 Å². The number of non-ortho nitro benzene ring substituents is 1. The van der Waals surface area contributed by atoms with Gasteiger partial charge in [0, 0.05) is 41.5 Å². The van der Waals surface area contributed by atoms with Gasteiger partial charge in [0.15, 0.2) is 0 Å². The van der Waals surface area contributed by atoms with Crippen LogP contribution in [0.1, 0.15) is 10.4 Å². The third kappa shape index (κ3) is 3.72. The maximum atomic E-state index is 12.5. The van der Waals surface area contributed by atoms with E-state index in [2.05, 4.69) is 10.3 Å².